The van der Waals surface area contributed by atoms with Gasteiger partial charge in [0.05, 0.1) is 22.2 Å². The molecule has 1 N–H and O–H groups in total. The molecule has 1 aromatic carbocycles. The number of benzene rings is 1. The van der Waals surface area contributed by atoms with Gasteiger partial charge in [0.1, 0.15) is 7.14 Å². The van der Waals surface area contributed by atoms with Gasteiger partial charge < -0.3 is 14.8 Å². The van der Waals surface area contributed by atoms with Crippen LogP contribution in [0.5, 0.6) is 0 Å². The Kier molecular flexibility index (Phi) is 5.18. The second-order valence-electron chi connectivity index (χ2n) is 8.89. The van der Waals surface area contributed by atoms with Crippen LogP contribution in [0.3, 0.4) is 0 Å². The number of anilines is 1. The molecule has 0 bridgehead atoms. The van der Waals surface area contributed by atoms with E-state index in [4.69, 9.17) is 0 Å². The van der Waals surface area contributed by atoms with Crippen LogP contribution in [0.4, 0.5) is 5.13 Å². The fourth-order valence-electron chi connectivity index (χ4n) is 4.43. The molecule has 1 aliphatic heterocycles. The van der Waals surface area contributed by atoms with Crippen LogP contribution in [-0.4, -0.2) is 41.1 Å². The highest BCUT2D eigenvalue weighted by Gasteiger charge is 2.44. The van der Waals surface area contributed by atoms with Gasteiger partial charge in [0.15, 0.2) is 5.13 Å². The van der Waals surface area contributed by atoms with E-state index in [2.05, 4.69) is 30.2 Å². The summed E-state index contributed by atoms with van der Waals surface area (Å²) in [5, 5.41) is 3.93. The van der Waals surface area contributed by atoms with Crippen LogP contribution >= 0.6 is 18.5 Å². The number of hydrogen-bond acceptors (Lipinski definition) is 5. The first-order valence-corrected chi connectivity index (χ1v) is 13.7. The van der Waals surface area contributed by atoms with E-state index in [1.807, 2.05) is 17.9 Å². The molecule has 0 spiro atoms. The number of aromatic nitrogens is 1. The number of rotatable bonds is 5. The van der Waals surface area contributed by atoms with Crippen LogP contribution < -0.4 is 10.6 Å². The van der Waals surface area contributed by atoms with Crippen LogP contribution in [0.1, 0.15) is 61.3 Å². The summed E-state index contributed by atoms with van der Waals surface area (Å²) in [6.07, 6.45) is 2.33. The van der Waals surface area contributed by atoms with Crippen LogP contribution in [0, 0.1) is 12.8 Å². The molecule has 8 heteroatoms. The van der Waals surface area contributed by atoms with Crippen molar-refractivity contribution in [3.05, 3.63) is 29.0 Å². The third-order valence-electron chi connectivity index (χ3n) is 6.13. The van der Waals surface area contributed by atoms with Crippen LogP contribution in [0.2, 0.25) is 0 Å². The fourth-order valence-corrected chi connectivity index (χ4v) is 6.65. The average molecular weight is 446 g/mol. The third kappa shape index (κ3) is 3.63. The minimum absolute atomic E-state index is 0.00216. The van der Waals surface area contributed by atoms with Crippen LogP contribution in [0.25, 0.3) is 10.4 Å². The van der Waals surface area contributed by atoms with Gasteiger partial charge in [0.25, 0.3) is 5.91 Å². The second kappa shape index (κ2) is 7.31. The van der Waals surface area contributed by atoms with Gasteiger partial charge in [-0.25, -0.2) is 4.98 Å². The topological polar surface area (TPSA) is 79.4 Å². The third-order valence-corrected chi connectivity index (χ3v) is 8.76. The summed E-state index contributed by atoms with van der Waals surface area (Å²) in [5.74, 6) is 0.399. The van der Waals surface area contributed by atoms with Crippen LogP contribution in [0.15, 0.2) is 12.1 Å². The Morgan fingerprint density at radius 3 is 2.57 bits per heavy atom. The molecule has 2 amide bonds. The van der Waals surface area contributed by atoms with E-state index >= 15 is 0 Å². The molecular weight excluding hydrogens is 417 g/mol. The Bertz CT molecular complexity index is 1100. The second-order valence-corrected chi connectivity index (χ2v) is 13.1. The van der Waals surface area contributed by atoms with E-state index in [1.54, 1.807) is 13.3 Å². The molecule has 0 radical (unpaired) electrons. The monoisotopic (exact) mass is 445 g/mol. The summed E-state index contributed by atoms with van der Waals surface area (Å²) in [4.78, 5) is 32.2. The van der Waals surface area contributed by atoms with E-state index in [9.17, 15) is 14.2 Å². The van der Waals surface area contributed by atoms with Gasteiger partial charge in [-0.2, -0.15) is 0 Å². The molecule has 1 unspecified atom stereocenters. The van der Waals surface area contributed by atoms with E-state index in [-0.39, 0.29) is 23.9 Å². The van der Waals surface area contributed by atoms with Gasteiger partial charge in [-0.1, -0.05) is 11.3 Å². The van der Waals surface area contributed by atoms with E-state index in [0.29, 0.717) is 21.9 Å². The number of carbonyl (C=O) groups excluding carboxylic acids is 2. The molecule has 1 aromatic heterocycles. The van der Waals surface area contributed by atoms with E-state index in [0.717, 1.165) is 34.5 Å². The first-order chi connectivity index (χ1) is 14.0. The largest absolute Gasteiger partial charge is 0.329 e. The summed E-state index contributed by atoms with van der Waals surface area (Å²) in [6.45, 7) is 11.0. The highest BCUT2D eigenvalue weighted by atomic mass is 32.1. The van der Waals surface area contributed by atoms with Gasteiger partial charge in [-0.05, 0) is 76.1 Å². The molecule has 1 aliphatic carbocycles. The minimum Gasteiger partial charge on any atom is -0.329 e. The van der Waals surface area contributed by atoms with Gasteiger partial charge in [0, 0.05) is 18.3 Å². The summed E-state index contributed by atoms with van der Waals surface area (Å²) in [6, 6.07) is 4.07. The molecular formula is C22H28N3O3PS. The van der Waals surface area contributed by atoms with Crippen molar-refractivity contribution in [1.29, 1.82) is 0 Å². The van der Waals surface area contributed by atoms with E-state index in [1.165, 1.54) is 18.3 Å². The first kappa shape index (κ1) is 21.3. The molecule has 30 heavy (non-hydrogen) atoms. The molecule has 2 heterocycles. The predicted molar refractivity (Wildman–Crippen MR) is 122 cm³/mol. The number of carbonyl (C=O) groups is 2. The van der Waals surface area contributed by atoms with Gasteiger partial charge in [-0.3, -0.25) is 9.59 Å². The number of aryl methyl sites for hydroxylation is 1. The molecule has 1 fully saturated rings. The van der Waals surface area contributed by atoms with Gasteiger partial charge in [-0.15, -0.1) is 0 Å². The summed E-state index contributed by atoms with van der Waals surface area (Å²) < 4.78 is 13.2. The number of hydrogen-bond donors (Lipinski definition) is 1. The van der Waals surface area contributed by atoms with Crippen molar-refractivity contribution < 1.29 is 14.2 Å². The predicted octanol–water partition coefficient (Wildman–Crippen LogP) is 4.64. The van der Waals surface area contributed by atoms with Crippen molar-refractivity contribution >= 4 is 40.7 Å². The highest BCUT2D eigenvalue weighted by Crippen LogP contribution is 2.47. The van der Waals surface area contributed by atoms with Crippen molar-refractivity contribution in [1.82, 2.24) is 9.88 Å². The number of nitrogens with one attached hydrogen (secondary N) is 1. The quantitative estimate of drug-likeness (QED) is 0.680. The van der Waals surface area contributed by atoms with Crippen molar-refractivity contribution in [3.63, 3.8) is 0 Å². The Morgan fingerprint density at radius 1 is 1.33 bits per heavy atom. The average Bonchev–Trinajstić information content (AvgIpc) is 3.38. The van der Waals surface area contributed by atoms with Crippen molar-refractivity contribution in [2.75, 3.05) is 18.6 Å². The van der Waals surface area contributed by atoms with Crippen LogP contribution in [-0.2, 0) is 9.36 Å². The lowest BCUT2D eigenvalue weighted by molar-refractivity contribution is -0.114. The summed E-state index contributed by atoms with van der Waals surface area (Å²) >= 11 is 1.40. The maximum atomic E-state index is 13.4. The summed E-state index contributed by atoms with van der Waals surface area (Å²) in [5.41, 5.74) is 3.27. The summed E-state index contributed by atoms with van der Waals surface area (Å²) in [7, 11) is -2.70. The molecule has 2 aliphatic rings. The normalized spacial score (nSPS) is 19.7. The molecule has 2 atom stereocenters. The zero-order valence-electron chi connectivity index (χ0n) is 18.3. The standard InChI is InChI=1S/C22H28N3O3PS/c1-11-20(30-22(23-11)24-14(4)26)16-9-17-13(3)25(12(2)15-7-8-15)21(27)19(17)18(10-16)29(5,6)28/h9-10,12-13,15H,7-8H2,1-6H3,(H,23,24,26)/t12?,13-/m1/s1. The number of fused-ring (bicyclic) bond motifs is 1. The van der Waals surface area contributed by atoms with Crippen molar-refractivity contribution in [3.8, 4) is 10.4 Å². The number of thiazole rings is 1. The van der Waals surface area contributed by atoms with Gasteiger partial charge >= 0.3 is 0 Å². The lowest BCUT2D eigenvalue weighted by Crippen LogP contribution is -2.37. The van der Waals surface area contributed by atoms with E-state index < -0.39 is 7.14 Å². The van der Waals surface area contributed by atoms with Crippen molar-refractivity contribution in [2.24, 2.45) is 5.92 Å². The number of nitrogens with zero attached hydrogens (tertiary/aromatic N) is 2. The SMILES string of the molecule is CC(=O)Nc1nc(C)c(-c2cc3c(c(P(C)(C)=O)c2)C(=O)N(C(C)C2CC2)[C@@H]3C)s1. The zero-order chi connectivity index (χ0) is 22.0. The molecule has 0 saturated heterocycles. The first-order valence-electron chi connectivity index (χ1n) is 10.3. The molecule has 6 nitrogen and oxygen atoms in total. The van der Waals surface area contributed by atoms with Crippen molar-refractivity contribution in [2.45, 2.75) is 52.6 Å². The maximum absolute atomic E-state index is 13.4. The smallest absolute Gasteiger partial charge is 0.255 e. The molecule has 4 rings (SSSR count). The Labute approximate surface area is 181 Å². The Morgan fingerprint density at radius 2 is 2.00 bits per heavy atom. The fraction of sp³-hybridized carbons (Fsp3) is 0.500. The molecule has 2 aromatic rings. The highest BCUT2D eigenvalue weighted by molar-refractivity contribution is 7.70. The minimum atomic E-state index is -2.70. The Balaban J connectivity index is 1.86. The van der Waals surface area contributed by atoms with Gasteiger partial charge in [0.2, 0.25) is 5.91 Å². The lowest BCUT2D eigenvalue weighted by atomic mass is 10.0. The molecule has 1 saturated carbocycles. The Hall–Kier alpha value is -1.98. The maximum Gasteiger partial charge on any atom is 0.255 e. The zero-order valence-corrected chi connectivity index (χ0v) is 20.0. The molecule has 160 valence electrons. The lowest BCUT2D eigenvalue weighted by Gasteiger charge is -2.29. The number of amides is 2.